The van der Waals surface area contributed by atoms with Crippen molar-refractivity contribution < 1.29 is 4.74 Å². The summed E-state index contributed by atoms with van der Waals surface area (Å²) in [5, 5.41) is 7.21. The van der Waals surface area contributed by atoms with Crippen molar-refractivity contribution in [2.24, 2.45) is 0 Å². The summed E-state index contributed by atoms with van der Waals surface area (Å²) >= 11 is 6.15. The third-order valence-electron chi connectivity index (χ3n) is 3.41. The van der Waals surface area contributed by atoms with Crippen molar-refractivity contribution in [1.82, 2.24) is 9.97 Å². The number of nitrogens with one attached hydrogen (secondary N) is 2. The summed E-state index contributed by atoms with van der Waals surface area (Å²) in [6.45, 7) is 6.92. The Balaban J connectivity index is 2.24. The molecule has 1 aromatic heterocycles. The van der Waals surface area contributed by atoms with Crippen LogP contribution in [0.25, 0.3) is 0 Å². The lowest BCUT2D eigenvalue weighted by atomic mass is 10.2. The molecular weight excluding hydrogens is 312 g/mol. The first kappa shape index (κ1) is 17.3. The quantitative estimate of drug-likeness (QED) is 0.718. The third kappa shape index (κ3) is 4.73. The van der Waals surface area contributed by atoms with Crippen LogP contribution in [0.15, 0.2) is 18.2 Å². The molecule has 6 heteroatoms. The minimum absolute atomic E-state index is 0.630. The summed E-state index contributed by atoms with van der Waals surface area (Å²) in [7, 11) is 1.62. The minimum atomic E-state index is 0.630. The van der Waals surface area contributed by atoms with Gasteiger partial charge in [0.05, 0.1) is 12.8 Å². The maximum Gasteiger partial charge on any atom is 0.224 e. The van der Waals surface area contributed by atoms with Crippen LogP contribution in [0.3, 0.4) is 0 Å². The van der Waals surface area contributed by atoms with E-state index in [1.54, 1.807) is 13.2 Å². The van der Waals surface area contributed by atoms with Gasteiger partial charge < -0.3 is 15.4 Å². The van der Waals surface area contributed by atoms with Crippen molar-refractivity contribution >= 4 is 29.1 Å². The number of rotatable bonds is 7. The lowest BCUT2D eigenvalue weighted by Crippen LogP contribution is -2.07. The van der Waals surface area contributed by atoms with Gasteiger partial charge in [0, 0.05) is 29.4 Å². The summed E-state index contributed by atoms with van der Waals surface area (Å²) in [6.07, 6.45) is 2.22. The zero-order valence-electron chi connectivity index (χ0n) is 14.0. The minimum Gasteiger partial charge on any atom is -0.495 e. The van der Waals surface area contributed by atoms with Gasteiger partial charge in [0.2, 0.25) is 5.95 Å². The van der Waals surface area contributed by atoms with E-state index in [0.29, 0.717) is 16.7 Å². The average molecular weight is 335 g/mol. The molecule has 0 aliphatic carbocycles. The number of hydrogen-bond acceptors (Lipinski definition) is 5. The Hall–Kier alpha value is -2.01. The van der Waals surface area contributed by atoms with Crippen molar-refractivity contribution in [3.8, 4) is 5.75 Å². The van der Waals surface area contributed by atoms with Gasteiger partial charge in [0.1, 0.15) is 11.6 Å². The molecule has 124 valence electrons. The van der Waals surface area contributed by atoms with Gasteiger partial charge in [-0.1, -0.05) is 24.9 Å². The van der Waals surface area contributed by atoms with Gasteiger partial charge in [-0.05, 0) is 31.9 Å². The van der Waals surface area contributed by atoms with Gasteiger partial charge in [-0.25, -0.2) is 4.98 Å². The maximum absolute atomic E-state index is 6.15. The van der Waals surface area contributed by atoms with E-state index in [1.165, 1.54) is 0 Å². The highest BCUT2D eigenvalue weighted by atomic mass is 35.5. The Morgan fingerprint density at radius 1 is 1.17 bits per heavy atom. The normalized spacial score (nSPS) is 10.5. The Labute approximate surface area is 142 Å². The molecule has 0 amide bonds. The van der Waals surface area contributed by atoms with Crippen LogP contribution in [0.4, 0.5) is 17.5 Å². The predicted molar refractivity (Wildman–Crippen MR) is 96.2 cm³/mol. The Bertz CT molecular complexity index is 676. The molecule has 0 bridgehead atoms. The van der Waals surface area contributed by atoms with Crippen molar-refractivity contribution in [3.05, 3.63) is 34.5 Å². The molecule has 0 spiro atoms. The van der Waals surface area contributed by atoms with E-state index in [2.05, 4.69) is 27.5 Å². The van der Waals surface area contributed by atoms with Crippen molar-refractivity contribution in [3.63, 3.8) is 0 Å². The monoisotopic (exact) mass is 334 g/mol. The second-order valence-corrected chi connectivity index (χ2v) is 5.83. The summed E-state index contributed by atoms with van der Waals surface area (Å²) < 4.78 is 5.39. The fraction of sp³-hybridized carbons (Fsp3) is 0.412. The predicted octanol–water partition coefficient (Wildman–Crippen LogP) is 4.71. The van der Waals surface area contributed by atoms with Crippen LogP contribution in [0.5, 0.6) is 5.75 Å². The van der Waals surface area contributed by atoms with E-state index in [9.17, 15) is 0 Å². The number of hydrogen-bond donors (Lipinski definition) is 2. The number of nitrogens with zero attached hydrogens (tertiary/aromatic N) is 2. The molecule has 0 saturated carbocycles. The zero-order chi connectivity index (χ0) is 16.8. The van der Waals surface area contributed by atoms with E-state index in [1.807, 2.05) is 26.0 Å². The summed E-state index contributed by atoms with van der Waals surface area (Å²) in [5.74, 6) is 2.03. The van der Waals surface area contributed by atoms with Crippen molar-refractivity contribution in [1.29, 1.82) is 0 Å². The SMILES string of the molecule is CCCCNc1nc(C)cc(Nc2cc(C)c(Cl)cc2OC)n1. The molecule has 2 aromatic rings. The Kier molecular flexibility index (Phi) is 6.04. The number of methoxy groups -OCH3 is 1. The Morgan fingerprint density at radius 3 is 2.65 bits per heavy atom. The van der Waals surface area contributed by atoms with Crippen LogP contribution in [-0.2, 0) is 0 Å². The van der Waals surface area contributed by atoms with Crippen molar-refractivity contribution in [2.45, 2.75) is 33.6 Å². The smallest absolute Gasteiger partial charge is 0.224 e. The average Bonchev–Trinajstić information content (AvgIpc) is 2.50. The fourth-order valence-electron chi connectivity index (χ4n) is 2.16. The molecule has 0 atom stereocenters. The molecule has 0 aliphatic heterocycles. The largest absolute Gasteiger partial charge is 0.495 e. The van der Waals surface area contributed by atoms with E-state index >= 15 is 0 Å². The molecule has 2 N–H and O–H groups in total. The van der Waals surface area contributed by atoms with Crippen LogP contribution in [0.1, 0.15) is 31.0 Å². The molecule has 1 aromatic carbocycles. The molecule has 0 radical (unpaired) electrons. The fourth-order valence-corrected chi connectivity index (χ4v) is 2.31. The number of aryl methyl sites for hydroxylation is 2. The van der Waals surface area contributed by atoms with E-state index in [-0.39, 0.29) is 0 Å². The van der Waals surface area contributed by atoms with E-state index in [4.69, 9.17) is 16.3 Å². The van der Waals surface area contributed by atoms with Crippen LogP contribution in [-0.4, -0.2) is 23.6 Å². The third-order valence-corrected chi connectivity index (χ3v) is 3.82. The van der Waals surface area contributed by atoms with Gasteiger partial charge in [-0.15, -0.1) is 0 Å². The number of ether oxygens (including phenoxy) is 1. The number of aromatic nitrogens is 2. The van der Waals surface area contributed by atoms with Crippen LogP contribution in [0.2, 0.25) is 5.02 Å². The second kappa shape index (κ2) is 8.02. The van der Waals surface area contributed by atoms with Crippen LogP contribution < -0.4 is 15.4 Å². The lowest BCUT2D eigenvalue weighted by Gasteiger charge is -2.14. The highest BCUT2D eigenvalue weighted by Crippen LogP contribution is 2.32. The number of anilines is 3. The zero-order valence-corrected chi connectivity index (χ0v) is 14.8. The molecule has 0 unspecified atom stereocenters. The summed E-state index contributed by atoms with van der Waals surface area (Å²) in [4.78, 5) is 8.91. The molecule has 0 saturated heterocycles. The first-order valence-corrected chi connectivity index (χ1v) is 8.12. The van der Waals surface area contributed by atoms with Gasteiger partial charge in [0.15, 0.2) is 0 Å². The molecule has 0 fully saturated rings. The molecule has 0 aliphatic rings. The van der Waals surface area contributed by atoms with E-state index in [0.717, 1.165) is 42.1 Å². The maximum atomic E-state index is 6.15. The highest BCUT2D eigenvalue weighted by Gasteiger charge is 2.09. The van der Waals surface area contributed by atoms with Crippen molar-refractivity contribution in [2.75, 3.05) is 24.3 Å². The van der Waals surface area contributed by atoms with E-state index < -0.39 is 0 Å². The number of unbranched alkanes of at least 4 members (excludes halogenated alkanes) is 1. The van der Waals surface area contributed by atoms with Crippen LogP contribution >= 0.6 is 11.6 Å². The second-order valence-electron chi connectivity index (χ2n) is 5.43. The lowest BCUT2D eigenvalue weighted by molar-refractivity contribution is 0.416. The molecule has 2 rings (SSSR count). The number of halogens is 1. The molecular formula is C17H23ClN4O. The standard InChI is InChI=1S/C17H23ClN4O/c1-5-6-7-19-17-20-12(3)9-16(22-17)21-14-8-11(2)13(18)10-15(14)23-4/h8-10H,5-7H2,1-4H3,(H2,19,20,21,22). The van der Waals surface area contributed by atoms with Gasteiger partial charge in [-0.2, -0.15) is 4.98 Å². The highest BCUT2D eigenvalue weighted by molar-refractivity contribution is 6.31. The first-order valence-electron chi connectivity index (χ1n) is 7.74. The summed E-state index contributed by atoms with van der Waals surface area (Å²) in [6, 6.07) is 5.64. The van der Waals surface area contributed by atoms with Gasteiger partial charge in [0.25, 0.3) is 0 Å². The molecule has 23 heavy (non-hydrogen) atoms. The topological polar surface area (TPSA) is 59.1 Å². The Morgan fingerprint density at radius 2 is 1.96 bits per heavy atom. The first-order chi connectivity index (χ1) is 11.0. The number of benzene rings is 1. The summed E-state index contributed by atoms with van der Waals surface area (Å²) in [5.41, 5.74) is 2.69. The molecule has 1 heterocycles. The van der Waals surface area contributed by atoms with Crippen LogP contribution in [0, 0.1) is 13.8 Å². The van der Waals surface area contributed by atoms with Gasteiger partial charge in [-0.3, -0.25) is 0 Å². The molecule has 5 nitrogen and oxygen atoms in total. The van der Waals surface area contributed by atoms with Gasteiger partial charge >= 0.3 is 0 Å².